The molecule has 0 bridgehead atoms. The fourth-order valence-corrected chi connectivity index (χ4v) is 4.04. The smallest absolute Gasteiger partial charge is 0.250 e. The Morgan fingerprint density at radius 3 is 2.59 bits per heavy atom. The highest BCUT2D eigenvalue weighted by atomic mass is 16.5. The number of carbonyl (C=O) groups is 1. The van der Waals surface area contributed by atoms with Crippen LogP contribution in [0.1, 0.15) is 55.1 Å². The summed E-state index contributed by atoms with van der Waals surface area (Å²) in [7, 11) is 1.63. The first-order valence-corrected chi connectivity index (χ1v) is 10.3. The molecule has 29 heavy (non-hydrogen) atoms. The maximum atomic E-state index is 12.3. The summed E-state index contributed by atoms with van der Waals surface area (Å²) in [6.07, 6.45) is 2.96. The average Bonchev–Trinajstić information content (AvgIpc) is 3.25. The first-order chi connectivity index (χ1) is 13.9. The number of methoxy groups -OCH3 is 1. The van der Waals surface area contributed by atoms with Crippen molar-refractivity contribution in [3.8, 4) is 16.9 Å². The molecule has 1 saturated heterocycles. The second-order valence-electron chi connectivity index (χ2n) is 8.09. The highest BCUT2D eigenvalue weighted by Crippen LogP contribution is 2.37. The third-order valence-electron chi connectivity index (χ3n) is 5.45. The van der Waals surface area contributed by atoms with E-state index in [1.807, 2.05) is 30.3 Å². The second-order valence-corrected chi connectivity index (χ2v) is 8.09. The van der Waals surface area contributed by atoms with E-state index < -0.39 is 5.91 Å². The summed E-state index contributed by atoms with van der Waals surface area (Å²) < 4.78 is 5.38. The first-order valence-electron chi connectivity index (χ1n) is 10.3. The predicted molar refractivity (Wildman–Crippen MR) is 115 cm³/mol. The molecule has 2 aromatic rings. The van der Waals surface area contributed by atoms with Crippen LogP contribution in [0, 0.1) is 5.92 Å². The summed E-state index contributed by atoms with van der Waals surface area (Å²) in [5.74, 6) is 1.21. The zero-order valence-electron chi connectivity index (χ0n) is 17.5. The molecule has 3 rings (SSSR count). The molecule has 0 radical (unpaired) electrons. The van der Waals surface area contributed by atoms with Crippen LogP contribution in [0.2, 0.25) is 0 Å². The summed E-state index contributed by atoms with van der Waals surface area (Å²) in [5, 5.41) is 10.0. The minimum Gasteiger partial charge on any atom is -0.497 e. The van der Waals surface area contributed by atoms with Crippen LogP contribution < -0.4 is 15.4 Å². The van der Waals surface area contributed by atoms with Gasteiger partial charge in [0.1, 0.15) is 11.6 Å². The highest BCUT2D eigenvalue weighted by Gasteiger charge is 2.26. The molecular weight excluding hydrogens is 366 g/mol. The molecule has 0 aliphatic carbocycles. The van der Waals surface area contributed by atoms with Crippen molar-refractivity contribution in [1.82, 2.24) is 4.98 Å². The van der Waals surface area contributed by atoms with Crippen molar-refractivity contribution in [3.05, 3.63) is 41.6 Å². The number of pyridine rings is 1. The lowest BCUT2D eigenvalue weighted by Crippen LogP contribution is -2.25. The van der Waals surface area contributed by atoms with E-state index in [2.05, 4.69) is 18.7 Å². The maximum absolute atomic E-state index is 12.3. The Hall–Kier alpha value is -2.60. The van der Waals surface area contributed by atoms with Gasteiger partial charge < -0.3 is 20.5 Å². The molecule has 1 aromatic carbocycles. The quantitative estimate of drug-likeness (QED) is 0.711. The van der Waals surface area contributed by atoms with E-state index in [9.17, 15) is 9.90 Å². The molecule has 1 fully saturated rings. The molecule has 156 valence electrons. The number of amides is 1. The second kappa shape index (κ2) is 9.27. The van der Waals surface area contributed by atoms with Crippen molar-refractivity contribution in [2.45, 2.75) is 39.0 Å². The summed E-state index contributed by atoms with van der Waals surface area (Å²) in [6, 6.07) is 9.59. The van der Waals surface area contributed by atoms with Crippen LogP contribution in [0.5, 0.6) is 5.75 Å². The minimum atomic E-state index is -0.521. The van der Waals surface area contributed by atoms with E-state index in [4.69, 9.17) is 15.5 Å². The van der Waals surface area contributed by atoms with Crippen LogP contribution in [0.25, 0.3) is 11.1 Å². The van der Waals surface area contributed by atoms with Crippen molar-refractivity contribution >= 4 is 11.7 Å². The van der Waals surface area contributed by atoms with Gasteiger partial charge in [-0.3, -0.25) is 4.79 Å². The van der Waals surface area contributed by atoms with Gasteiger partial charge in [-0.15, -0.1) is 0 Å². The zero-order chi connectivity index (χ0) is 21.0. The number of nitrogens with zero attached hydrogens (tertiary/aromatic N) is 2. The summed E-state index contributed by atoms with van der Waals surface area (Å²) in [5.41, 5.74) is 8.52. The number of hydrogen-bond donors (Lipinski definition) is 2. The van der Waals surface area contributed by atoms with E-state index >= 15 is 0 Å². The van der Waals surface area contributed by atoms with Crippen LogP contribution in [-0.4, -0.2) is 42.8 Å². The van der Waals surface area contributed by atoms with Gasteiger partial charge in [-0.05, 0) is 48.9 Å². The number of nitrogens with two attached hydrogens (primary N) is 1. The Morgan fingerprint density at radius 1 is 1.28 bits per heavy atom. The molecule has 1 aliphatic heterocycles. The van der Waals surface area contributed by atoms with Crippen LogP contribution in [0.15, 0.2) is 30.3 Å². The van der Waals surface area contributed by atoms with Crippen LogP contribution in [0.3, 0.4) is 0 Å². The third-order valence-corrected chi connectivity index (χ3v) is 5.45. The number of aliphatic hydroxyl groups excluding tert-OH is 1. The van der Waals surface area contributed by atoms with Crippen LogP contribution in [-0.2, 0) is 0 Å². The normalized spacial score (nSPS) is 15.0. The lowest BCUT2D eigenvalue weighted by Gasteiger charge is -2.25. The van der Waals surface area contributed by atoms with Gasteiger partial charge in [0, 0.05) is 24.6 Å². The van der Waals surface area contributed by atoms with Crippen molar-refractivity contribution in [1.29, 1.82) is 0 Å². The predicted octanol–water partition coefficient (Wildman–Crippen LogP) is 3.58. The Labute approximate surface area is 172 Å². The number of aromatic nitrogens is 1. The van der Waals surface area contributed by atoms with Crippen molar-refractivity contribution in [2.75, 3.05) is 31.7 Å². The molecule has 1 atom stereocenters. The Bertz CT molecular complexity index is 860. The minimum absolute atomic E-state index is 0.0661. The van der Waals surface area contributed by atoms with Gasteiger partial charge in [-0.1, -0.05) is 26.0 Å². The molecule has 0 unspecified atom stereocenters. The number of carbonyl (C=O) groups excluding carboxylic acids is 1. The van der Waals surface area contributed by atoms with E-state index in [1.165, 1.54) is 0 Å². The fraction of sp³-hybridized carbons (Fsp3) is 0.478. The van der Waals surface area contributed by atoms with Crippen molar-refractivity contribution in [2.24, 2.45) is 11.7 Å². The molecule has 1 amide bonds. The number of benzene rings is 1. The standard InChI is InChI=1S/C23H31N3O3/c1-15(2)11-17(14-27)21-20(22(24)28)13-19(16-7-6-8-18(12-16)29-3)23(25-21)26-9-4-5-10-26/h6-8,12-13,15,17,27H,4-5,9-11,14H2,1-3H3,(H2,24,28)/t17-/m1/s1. The number of hydrogen-bond acceptors (Lipinski definition) is 5. The molecule has 6 nitrogen and oxygen atoms in total. The van der Waals surface area contributed by atoms with Gasteiger partial charge in [0.15, 0.2) is 0 Å². The largest absolute Gasteiger partial charge is 0.497 e. The van der Waals surface area contributed by atoms with E-state index in [0.29, 0.717) is 17.2 Å². The number of ether oxygens (including phenoxy) is 1. The fourth-order valence-electron chi connectivity index (χ4n) is 4.04. The van der Waals surface area contributed by atoms with Gasteiger partial charge >= 0.3 is 0 Å². The van der Waals surface area contributed by atoms with E-state index in [0.717, 1.165) is 55.0 Å². The molecule has 0 spiro atoms. The van der Waals surface area contributed by atoms with Gasteiger partial charge in [-0.2, -0.15) is 0 Å². The molecular formula is C23H31N3O3. The zero-order valence-corrected chi connectivity index (χ0v) is 17.5. The van der Waals surface area contributed by atoms with Crippen LogP contribution in [0.4, 0.5) is 5.82 Å². The Balaban J connectivity index is 2.21. The molecule has 1 aliphatic rings. The number of aliphatic hydroxyl groups is 1. The molecule has 0 saturated carbocycles. The van der Waals surface area contributed by atoms with Gasteiger partial charge in [-0.25, -0.2) is 4.98 Å². The highest BCUT2D eigenvalue weighted by molar-refractivity contribution is 5.96. The molecule has 3 N–H and O–H groups in total. The monoisotopic (exact) mass is 397 g/mol. The van der Waals surface area contributed by atoms with Gasteiger partial charge in [0.2, 0.25) is 0 Å². The lowest BCUT2D eigenvalue weighted by atomic mass is 9.90. The van der Waals surface area contributed by atoms with Crippen molar-refractivity contribution in [3.63, 3.8) is 0 Å². The number of anilines is 1. The number of primary amides is 1. The molecule has 1 aromatic heterocycles. The van der Waals surface area contributed by atoms with E-state index in [-0.39, 0.29) is 12.5 Å². The summed E-state index contributed by atoms with van der Waals surface area (Å²) in [4.78, 5) is 19.5. The maximum Gasteiger partial charge on any atom is 0.250 e. The lowest BCUT2D eigenvalue weighted by molar-refractivity contribution is 0.0997. The van der Waals surface area contributed by atoms with Gasteiger partial charge in [0.05, 0.1) is 25.0 Å². The van der Waals surface area contributed by atoms with Crippen molar-refractivity contribution < 1.29 is 14.6 Å². The SMILES string of the molecule is COc1cccc(-c2cc(C(N)=O)c([C@@H](CO)CC(C)C)nc2N2CCCC2)c1. The average molecular weight is 398 g/mol. The Kier molecular flexibility index (Phi) is 6.75. The van der Waals surface area contributed by atoms with Gasteiger partial charge in [0.25, 0.3) is 5.91 Å². The Morgan fingerprint density at radius 2 is 2.00 bits per heavy atom. The summed E-state index contributed by atoms with van der Waals surface area (Å²) in [6.45, 7) is 5.97. The third kappa shape index (κ3) is 4.70. The van der Waals surface area contributed by atoms with Crippen LogP contribution >= 0.6 is 0 Å². The molecule has 6 heteroatoms. The van der Waals surface area contributed by atoms with E-state index in [1.54, 1.807) is 7.11 Å². The molecule has 2 heterocycles. The number of rotatable bonds is 8. The first kappa shape index (κ1) is 21.1. The summed E-state index contributed by atoms with van der Waals surface area (Å²) >= 11 is 0. The topological polar surface area (TPSA) is 88.7 Å².